The number of benzene rings is 1. The molecule has 0 heterocycles. The van der Waals surface area contributed by atoms with E-state index in [0.717, 1.165) is 0 Å². The van der Waals surface area contributed by atoms with E-state index in [2.05, 4.69) is 66.7 Å². The minimum Gasteiger partial charge on any atom is -0.0709 e. The van der Waals surface area contributed by atoms with Crippen LogP contribution in [0.4, 0.5) is 0 Å². The molecule has 0 spiro atoms. The Balaban J connectivity index is 2.31. The summed E-state index contributed by atoms with van der Waals surface area (Å²) in [5.41, 5.74) is 8.44. The van der Waals surface area contributed by atoms with Crippen LogP contribution in [0.1, 0.15) is 83.6 Å². The van der Waals surface area contributed by atoms with Crippen molar-refractivity contribution in [1.82, 2.24) is 0 Å². The first-order valence-electron chi connectivity index (χ1n) is 7.94. The smallest absolute Gasteiger partial charge is 0.00873 e. The SMILES string of the molecule is CC1=CC(C)(C)c2cc3c(cc21)C(C)(C)CCC3(C)C. The lowest BCUT2D eigenvalue weighted by atomic mass is 9.62. The summed E-state index contributed by atoms with van der Waals surface area (Å²) in [6.45, 7) is 16.6. The van der Waals surface area contributed by atoms with Crippen LogP contribution < -0.4 is 0 Å². The molecule has 2 aliphatic rings. The van der Waals surface area contributed by atoms with Crippen molar-refractivity contribution in [1.29, 1.82) is 0 Å². The molecule has 0 heteroatoms. The molecular weight excluding hydrogens is 240 g/mol. The Bertz CT molecular complexity index is 609. The summed E-state index contributed by atoms with van der Waals surface area (Å²) >= 11 is 0. The third-order valence-electron chi connectivity index (χ3n) is 5.69. The van der Waals surface area contributed by atoms with Crippen molar-refractivity contribution in [2.45, 2.75) is 77.6 Å². The van der Waals surface area contributed by atoms with Crippen LogP contribution in [0.5, 0.6) is 0 Å². The highest BCUT2D eigenvalue weighted by Gasteiger charge is 2.40. The molecule has 20 heavy (non-hydrogen) atoms. The number of hydrogen-bond acceptors (Lipinski definition) is 0. The van der Waals surface area contributed by atoms with Gasteiger partial charge in [-0.05, 0) is 58.4 Å². The Morgan fingerprint density at radius 3 is 1.80 bits per heavy atom. The molecule has 0 saturated heterocycles. The fourth-order valence-corrected chi connectivity index (χ4v) is 4.17. The average Bonchev–Trinajstić information content (AvgIpc) is 2.55. The fourth-order valence-electron chi connectivity index (χ4n) is 4.17. The molecule has 0 aromatic heterocycles. The van der Waals surface area contributed by atoms with Crippen LogP contribution in [0.2, 0.25) is 0 Å². The summed E-state index contributed by atoms with van der Waals surface area (Å²) < 4.78 is 0. The molecule has 0 radical (unpaired) electrons. The van der Waals surface area contributed by atoms with Gasteiger partial charge in [0, 0.05) is 5.41 Å². The van der Waals surface area contributed by atoms with Crippen LogP contribution in [-0.2, 0) is 16.2 Å². The van der Waals surface area contributed by atoms with Gasteiger partial charge in [0.15, 0.2) is 0 Å². The molecule has 0 N–H and O–H groups in total. The maximum atomic E-state index is 2.53. The van der Waals surface area contributed by atoms with Gasteiger partial charge in [-0.2, -0.15) is 0 Å². The van der Waals surface area contributed by atoms with Crippen LogP contribution in [0.15, 0.2) is 18.2 Å². The third-order valence-corrected chi connectivity index (χ3v) is 5.69. The van der Waals surface area contributed by atoms with Crippen molar-refractivity contribution in [2.24, 2.45) is 0 Å². The van der Waals surface area contributed by atoms with Crippen LogP contribution in [0.3, 0.4) is 0 Å². The number of hydrogen-bond donors (Lipinski definition) is 0. The van der Waals surface area contributed by atoms with E-state index in [0.29, 0.717) is 10.8 Å². The van der Waals surface area contributed by atoms with Crippen molar-refractivity contribution >= 4 is 5.57 Å². The van der Waals surface area contributed by atoms with Crippen LogP contribution >= 0.6 is 0 Å². The summed E-state index contributed by atoms with van der Waals surface area (Å²) in [5, 5.41) is 0. The van der Waals surface area contributed by atoms with Gasteiger partial charge in [-0.3, -0.25) is 0 Å². The minimum atomic E-state index is 0.187. The first-order valence-corrected chi connectivity index (χ1v) is 7.94. The highest BCUT2D eigenvalue weighted by molar-refractivity contribution is 5.76. The number of fused-ring (bicyclic) bond motifs is 2. The minimum absolute atomic E-state index is 0.187. The molecule has 108 valence electrons. The van der Waals surface area contributed by atoms with Gasteiger partial charge in [0.05, 0.1) is 0 Å². The lowest BCUT2D eigenvalue weighted by Crippen LogP contribution is -2.34. The molecule has 3 rings (SSSR count). The fraction of sp³-hybridized carbons (Fsp3) is 0.600. The second kappa shape index (κ2) is 3.78. The maximum absolute atomic E-state index is 2.53. The molecule has 1 aromatic rings. The van der Waals surface area contributed by atoms with Gasteiger partial charge in [0.2, 0.25) is 0 Å². The summed E-state index contributed by atoms with van der Waals surface area (Å²) in [6.07, 6.45) is 5.01. The summed E-state index contributed by atoms with van der Waals surface area (Å²) in [5.74, 6) is 0. The molecular formula is C20H28. The van der Waals surface area contributed by atoms with Crippen molar-refractivity contribution in [2.75, 3.05) is 0 Å². The Morgan fingerprint density at radius 1 is 0.750 bits per heavy atom. The molecule has 0 bridgehead atoms. The quantitative estimate of drug-likeness (QED) is 0.563. The second-order valence-corrected chi connectivity index (χ2v) is 8.76. The highest BCUT2D eigenvalue weighted by Crippen LogP contribution is 2.50. The highest BCUT2D eigenvalue weighted by atomic mass is 14.4. The van der Waals surface area contributed by atoms with Gasteiger partial charge in [-0.25, -0.2) is 0 Å². The first kappa shape index (κ1) is 13.9. The van der Waals surface area contributed by atoms with E-state index in [4.69, 9.17) is 0 Å². The molecule has 1 aromatic carbocycles. The molecule has 0 atom stereocenters. The van der Waals surface area contributed by atoms with E-state index < -0.39 is 0 Å². The Kier molecular flexibility index (Phi) is 2.63. The van der Waals surface area contributed by atoms with Gasteiger partial charge in [0.25, 0.3) is 0 Å². The van der Waals surface area contributed by atoms with Gasteiger partial charge < -0.3 is 0 Å². The van der Waals surface area contributed by atoms with E-state index in [-0.39, 0.29) is 5.41 Å². The Labute approximate surface area is 124 Å². The summed E-state index contributed by atoms with van der Waals surface area (Å²) in [4.78, 5) is 0. The average molecular weight is 268 g/mol. The van der Waals surface area contributed by atoms with E-state index in [9.17, 15) is 0 Å². The lowest BCUT2D eigenvalue weighted by molar-refractivity contribution is 0.331. The molecule has 0 saturated carbocycles. The van der Waals surface area contributed by atoms with Crippen LogP contribution in [0, 0.1) is 0 Å². The van der Waals surface area contributed by atoms with Crippen molar-refractivity contribution in [3.8, 4) is 0 Å². The summed E-state index contributed by atoms with van der Waals surface area (Å²) in [7, 11) is 0. The number of allylic oxidation sites excluding steroid dienone is 2. The van der Waals surface area contributed by atoms with Gasteiger partial charge in [0.1, 0.15) is 0 Å². The van der Waals surface area contributed by atoms with E-state index >= 15 is 0 Å². The normalized spacial score (nSPS) is 24.9. The van der Waals surface area contributed by atoms with E-state index in [1.165, 1.54) is 29.5 Å². The van der Waals surface area contributed by atoms with Crippen LogP contribution in [0.25, 0.3) is 5.57 Å². The van der Waals surface area contributed by atoms with E-state index in [1.54, 1.807) is 11.1 Å². The lowest BCUT2D eigenvalue weighted by Gasteiger charge is -2.42. The zero-order chi connectivity index (χ0) is 14.9. The molecule has 0 amide bonds. The predicted molar refractivity (Wildman–Crippen MR) is 88.4 cm³/mol. The van der Waals surface area contributed by atoms with Gasteiger partial charge >= 0.3 is 0 Å². The zero-order valence-corrected chi connectivity index (χ0v) is 14.1. The maximum Gasteiger partial charge on any atom is 0.00873 e. The first-order chi connectivity index (χ1) is 9.05. The third kappa shape index (κ3) is 1.80. The van der Waals surface area contributed by atoms with Crippen molar-refractivity contribution < 1.29 is 0 Å². The second-order valence-electron chi connectivity index (χ2n) is 8.76. The molecule has 0 unspecified atom stereocenters. The van der Waals surface area contributed by atoms with Gasteiger partial charge in [-0.15, -0.1) is 0 Å². The van der Waals surface area contributed by atoms with Crippen molar-refractivity contribution in [3.05, 3.63) is 40.5 Å². The van der Waals surface area contributed by atoms with Crippen LogP contribution in [-0.4, -0.2) is 0 Å². The largest absolute Gasteiger partial charge is 0.0709 e. The summed E-state index contributed by atoms with van der Waals surface area (Å²) in [6, 6.07) is 5.03. The Hall–Kier alpha value is -1.04. The predicted octanol–water partition coefficient (Wildman–Crippen LogP) is 5.73. The van der Waals surface area contributed by atoms with Crippen molar-refractivity contribution in [3.63, 3.8) is 0 Å². The molecule has 2 aliphatic carbocycles. The van der Waals surface area contributed by atoms with E-state index in [1.807, 2.05) is 0 Å². The molecule has 0 nitrogen and oxygen atoms in total. The molecule has 0 fully saturated rings. The van der Waals surface area contributed by atoms with Gasteiger partial charge in [-0.1, -0.05) is 59.8 Å². The monoisotopic (exact) mass is 268 g/mol. The molecule has 0 aliphatic heterocycles. The topological polar surface area (TPSA) is 0 Å². The number of rotatable bonds is 0. The zero-order valence-electron chi connectivity index (χ0n) is 14.1. The standard InChI is InChI=1S/C20H28/c1-13-12-20(6,7)15-11-17-16(10-14(13)15)18(2,3)8-9-19(17,4)5/h10-12H,8-9H2,1-7H3. The Morgan fingerprint density at radius 2 is 1.25 bits per heavy atom.